The topological polar surface area (TPSA) is 107 Å². The predicted molar refractivity (Wildman–Crippen MR) is 86.8 cm³/mol. The summed E-state index contributed by atoms with van der Waals surface area (Å²) in [6, 6.07) is 4.37. The maximum Gasteiger partial charge on any atom is 0.356 e. The summed E-state index contributed by atoms with van der Waals surface area (Å²) in [7, 11) is 0. The Labute approximate surface area is 138 Å². The van der Waals surface area contributed by atoms with Crippen LogP contribution < -0.4 is 4.74 Å². The number of nitro benzene ring substituents is 1. The summed E-state index contributed by atoms with van der Waals surface area (Å²) in [6.45, 7) is 8.85. The molecule has 2 rings (SSSR count). The lowest BCUT2D eigenvalue weighted by molar-refractivity contribution is -0.385. The van der Waals surface area contributed by atoms with Gasteiger partial charge in [-0.2, -0.15) is 5.10 Å². The minimum atomic E-state index is -1.14. The second-order valence-electron chi connectivity index (χ2n) is 6.47. The van der Waals surface area contributed by atoms with Crippen LogP contribution in [0.3, 0.4) is 0 Å². The van der Waals surface area contributed by atoms with Gasteiger partial charge in [-0.3, -0.25) is 10.1 Å². The molecule has 8 nitrogen and oxygen atoms in total. The number of aromatic carboxylic acids is 1. The fraction of sp³-hybridized carbons (Fsp3) is 0.375. The van der Waals surface area contributed by atoms with E-state index in [1.807, 2.05) is 20.8 Å². The van der Waals surface area contributed by atoms with E-state index in [0.29, 0.717) is 22.8 Å². The summed E-state index contributed by atoms with van der Waals surface area (Å²) in [5.41, 5.74) is 0.265. The lowest BCUT2D eigenvalue weighted by atomic mass is 10.1. The maximum absolute atomic E-state index is 11.3. The van der Waals surface area contributed by atoms with E-state index in [1.54, 1.807) is 13.8 Å². The van der Waals surface area contributed by atoms with Gasteiger partial charge in [0.15, 0.2) is 5.69 Å². The van der Waals surface area contributed by atoms with Crippen molar-refractivity contribution in [3.8, 4) is 11.6 Å². The van der Waals surface area contributed by atoms with Crippen molar-refractivity contribution in [1.29, 1.82) is 0 Å². The first-order chi connectivity index (χ1) is 11.0. The first-order valence-electron chi connectivity index (χ1n) is 7.28. The molecule has 0 atom stereocenters. The lowest BCUT2D eigenvalue weighted by Crippen LogP contribution is -2.24. The molecule has 1 heterocycles. The third kappa shape index (κ3) is 3.22. The molecule has 8 heteroatoms. The quantitative estimate of drug-likeness (QED) is 0.676. The fourth-order valence-electron chi connectivity index (χ4n) is 2.27. The second kappa shape index (κ2) is 5.95. The minimum absolute atomic E-state index is 0.00498. The number of nitrogens with zero attached hydrogens (tertiary/aromatic N) is 3. The van der Waals surface area contributed by atoms with Crippen molar-refractivity contribution in [2.24, 2.45) is 0 Å². The zero-order chi connectivity index (χ0) is 18.2. The monoisotopic (exact) mass is 333 g/mol. The van der Waals surface area contributed by atoms with Crippen LogP contribution in [0.15, 0.2) is 18.2 Å². The van der Waals surface area contributed by atoms with E-state index in [4.69, 9.17) is 4.74 Å². The minimum Gasteiger partial charge on any atom is -0.476 e. The Balaban J connectivity index is 2.51. The molecule has 1 aromatic carbocycles. The van der Waals surface area contributed by atoms with Gasteiger partial charge in [0, 0.05) is 17.2 Å². The summed E-state index contributed by atoms with van der Waals surface area (Å²) >= 11 is 0. The standard InChI is InChI=1S/C16H19N3O5/c1-9-8-11(6-7-12(9)19(22)23)24-14-10(2)13(15(20)21)17-18(14)16(3,4)5/h6-8H,1-5H3,(H,20,21). The Morgan fingerprint density at radius 1 is 1.33 bits per heavy atom. The van der Waals surface area contributed by atoms with Crippen molar-refractivity contribution >= 4 is 11.7 Å². The average Bonchev–Trinajstić information content (AvgIpc) is 2.76. The van der Waals surface area contributed by atoms with E-state index >= 15 is 0 Å². The summed E-state index contributed by atoms with van der Waals surface area (Å²) < 4.78 is 7.33. The van der Waals surface area contributed by atoms with Crippen LogP contribution in [-0.4, -0.2) is 25.8 Å². The van der Waals surface area contributed by atoms with Crippen LogP contribution >= 0.6 is 0 Å². The Kier molecular flexibility index (Phi) is 4.33. The molecule has 0 amide bonds. The normalized spacial score (nSPS) is 11.4. The van der Waals surface area contributed by atoms with E-state index in [0.717, 1.165) is 0 Å². The van der Waals surface area contributed by atoms with Gasteiger partial charge in [0.2, 0.25) is 5.88 Å². The van der Waals surface area contributed by atoms with E-state index < -0.39 is 16.4 Å². The van der Waals surface area contributed by atoms with Gasteiger partial charge in [0.1, 0.15) is 5.75 Å². The largest absolute Gasteiger partial charge is 0.476 e. The SMILES string of the molecule is Cc1cc(Oc2c(C)c(C(=O)O)nn2C(C)(C)C)ccc1[N+](=O)[O-]. The van der Waals surface area contributed by atoms with Crippen LogP contribution in [0.1, 0.15) is 42.4 Å². The zero-order valence-corrected chi connectivity index (χ0v) is 14.2. The Morgan fingerprint density at radius 3 is 2.42 bits per heavy atom. The molecule has 0 bridgehead atoms. The molecular weight excluding hydrogens is 314 g/mol. The number of carboxylic acids is 1. The summed E-state index contributed by atoms with van der Waals surface area (Å²) in [6.07, 6.45) is 0. The fourth-order valence-corrected chi connectivity index (χ4v) is 2.27. The number of benzene rings is 1. The van der Waals surface area contributed by atoms with Crippen LogP contribution in [0.5, 0.6) is 11.6 Å². The molecule has 0 unspecified atom stereocenters. The number of hydrogen-bond donors (Lipinski definition) is 1. The second-order valence-corrected chi connectivity index (χ2v) is 6.47. The molecule has 0 saturated carbocycles. The maximum atomic E-state index is 11.3. The molecular formula is C16H19N3O5. The highest BCUT2D eigenvalue weighted by Gasteiger charge is 2.27. The van der Waals surface area contributed by atoms with Crippen LogP contribution in [-0.2, 0) is 5.54 Å². The molecule has 1 aromatic heterocycles. The van der Waals surface area contributed by atoms with E-state index in [9.17, 15) is 20.0 Å². The highest BCUT2D eigenvalue weighted by Crippen LogP contribution is 2.33. The molecule has 24 heavy (non-hydrogen) atoms. The molecule has 0 fully saturated rings. The zero-order valence-electron chi connectivity index (χ0n) is 14.2. The van der Waals surface area contributed by atoms with Gasteiger partial charge in [-0.05, 0) is 46.8 Å². The van der Waals surface area contributed by atoms with Gasteiger partial charge in [0.25, 0.3) is 5.69 Å². The summed E-state index contributed by atoms with van der Waals surface area (Å²) in [5, 5.41) is 24.3. The number of aryl methyl sites for hydroxylation is 1. The number of carbonyl (C=O) groups is 1. The van der Waals surface area contributed by atoms with Crippen molar-refractivity contribution < 1.29 is 19.6 Å². The van der Waals surface area contributed by atoms with Gasteiger partial charge >= 0.3 is 5.97 Å². The average molecular weight is 333 g/mol. The van der Waals surface area contributed by atoms with Crippen molar-refractivity contribution in [1.82, 2.24) is 9.78 Å². The number of aromatic nitrogens is 2. The van der Waals surface area contributed by atoms with Crippen molar-refractivity contribution in [2.45, 2.75) is 40.2 Å². The molecule has 1 N–H and O–H groups in total. The molecule has 128 valence electrons. The van der Waals surface area contributed by atoms with E-state index in [-0.39, 0.29) is 11.4 Å². The molecule has 0 radical (unpaired) electrons. The van der Waals surface area contributed by atoms with Crippen molar-refractivity contribution in [2.75, 3.05) is 0 Å². The first kappa shape index (κ1) is 17.5. The lowest BCUT2D eigenvalue weighted by Gasteiger charge is -2.22. The molecule has 0 saturated heterocycles. The van der Waals surface area contributed by atoms with Crippen molar-refractivity contribution in [3.63, 3.8) is 0 Å². The highest BCUT2D eigenvalue weighted by atomic mass is 16.6. The Morgan fingerprint density at radius 2 is 1.96 bits per heavy atom. The summed E-state index contributed by atoms with van der Waals surface area (Å²) in [4.78, 5) is 21.8. The Hall–Kier alpha value is -2.90. The van der Waals surface area contributed by atoms with Gasteiger partial charge < -0.3 is 9.84 Å². The number of carboxylic acid groups (broad SMARTS) is 1. The van der Waals surface area contributed by atoms with Crippen LogP contribution in [0.4, 0.5) is 5.69 Å². The smallest absolute Gasteiger partial charge is 0.356 e. The third-order valence-corrected chi connectivity index (χ3v) is 3.49. The van der Waals surface area contributed by atoms with E-state index in [2.05, 4.69) is 5.10 Å². The summed E-state index contributed by atoms with van der Waals surface area (Å²) in [5.74, 6) is -0.461. The molecule has 2 aromatic rings. The number of ether oxygens (including phenoxy) is 1. The molecule has 0 spiro atoms. The van der Waals surface area contributed by atoms with Gasteiger partial charge in [-0.15, -0.1) is 0 Å². The van der Waals surface area contributed by atoms with Gasteiger partial charge in [0.05, 0.1) is 10.5 Å². The third-order valence-electron chi connectivity index (χ3n) is 3.49. The Bertz CT molecular complexity index is 818. The van der Waals surface area contributed by atoms with Crippen LogP contribution in [0.25, 0.3) is 0 Å². The van der Waals surface area contributed by atoms with Gasteiger partial charge in [-0.25, -0.2) is 9.48 Å². The predicted octanol–water partition coefficient (Wildman–Crippen LogP) is 3.65. The first-order valence-corrected chi connectivity index (χ1v) is 7.28. The molecule has 0 aliphatic carbocycles. The van der Waals surface area contributed by atoms with Gasteiger partial charge in [-0.1, -0.05) is 0 Å². The number of nitro groups is 1. The number of rotatable bonds is 4. The molecule has 0 aliphatic rings. The van der Waals surface area contributed by atoms with Crippen LogP contribution in [0, 0.1) is 24.0 Å². The van der Waals surface area contributed by atoms with Crippen molar-refractivity contribution in [3.05, 3.63) is 45.1 Å². The molecule has 0 aliphatic heterocycles. The van der Waals surface area contributed by atoms with Crippen LogP contribution in [0.2, 0.25) is 0 Å². The van der Waals surface area contributed by atoms with E-state index in [1.165, 1.54) is 22.9 Å². The highest BCUT2D eigenvalue weighted by molar-refractivity contribution is 5.87. The number of hydrogen-bond acceptors (Lipinski definition) is 5.